The van der Waals surface area contributed by atoms with E-state index in [1.54, 1.807) is 24.3 Å². The van der Waals surface area contributed by atoms with Crippen LogP contribution in [0.4, 0.5) is 0 Å². The lowest BCUT2D eigenvalue weighted by Gasteiger charge is -2.14. The molecule has 0 unspecified atom stereocenters. The zero-order valence-corrected chi connectivity index (χ0v) is 9.33. The third-order valence-electron chi connectivity index (χ3n) is 2.31. The highest BCUT2D eigenvalue weighted by molar-refractivity contribution is 7.89. The van der Waals surface area contributed by atoms with Crippen LogP contribution in [-0.4, -0.2) is 26.0 Å². The van der Waals surface area contributed by atoms with Gasteiger partial charge in [0.15, 0.2) is 0 Å². The van der Waals surface area contributed by atoms with E-state index in [1.165, 1.54) is 0 Å². The topological polar surface area (TPSA) is 46.6 Å². The predicted octanol–water partition coefficient (Wildman–Crippen LogP) is 1.32. The van der Waals surface area contributed by atoms with E-state index in [4.69, 9.17) is 4.84 Å². The van der Waals surface area contributed by atoms with Crippen LogP contribution in [-0.2, 0) is 14.9 Å². The molecule has 5 heteroatoms. The molecule has 0 aromatic heterocycles. The number of hydroxylamine groups is 1. The van der Waals surface area contributed by atoms with Crippen LogP contribution in [0.1, 0.15) is 12.0 Å². The first kappa shape index (κ1) is 10.6. The molecule has 82 valence electrons. The maximum Gasteiger partial charge on any atom is 0.265 e. The molecule has 0 N–H and O–H groups in total. The first-order valence-corrected chi connectivity index (χ1v) is 6.27. The van der Waals surface area contributed by atoms with E-state index in [0.717, 1.165) is 16.5 Å². The van der Waals surface area contributed by atoms with Gasteiger partial charge in [-0.3, -0.25) is 4.84 Å². The minimum Gasteiger partial charge on any atom is -0.284 e. The Morgan fingerprint density at radius 1 is 1.27 bits per heavy atom. The maximum absolute atomic E-state index is 11.9. The van der Waals surface area contributed by atoms with Crippen LogP contribution in [0.15, 0.2) is 29.2 Å². The van der Waals surface area contributed by atoms with E-state index in [-0.39, 0.29) is 4.90 Å². The van der Waals surface area contributed by atoms with Gasteiger partial charge in [-0.25, -0.2) is 8.42 Å². The molecule has 0 atom stereocenters. The average Bonchev–Trinajstić information content (AvgIpc) is 2.71. The van der Waals surface area contributed by atoms with Crippen molar-refractivity contribution in [3.8, 4) is 0 Å². The molecule has 1 fully saturated rings. The van der Waals surface area contributed by atoms with Crippen molar-refractivity contribution in [3.63, 3.8) is 0 Å². The molecule has 0 radical (unpaired) electrons. The van der Waals surface area contributed by atoms with Crippen molar-refractivity contribution in [2.24, 2.45) is 0 Å². The summed E-state index contributed by atoms with van der Waals surface area (Å²) in [7, 11) is -3.44. The Bertz CT molecular complexity index is 432. The highest BCUT2D eigenvalue weighted by Crippen LogP contribution is 2.19. The highest BCUT2D eigenvalue weighted by Gasteiger charge is 2.28. The molecule has 4 nitrogen and oxygen atoms in total. The van der Waals surface area contributed by atoms with Gasteiger partial charge in [-0.05, 0) is 25.5 Å². The Kier molecular flexibility index (Phi) is 2.77. The Morgan fingerprint density at radius 3 is 2.47 bits per heavy atom. The maximum atomic E-state index is 11.9. The third-order valence-corrected chi connectivity index (χ3v) is 4.00. The van der Waals surface area contributed by atoms with Crippen LogP contribution < -0.4 is 0 Å². The van der Waals surface area contributed by atoms with Gasteiger partial charge in [-0.2, -0.15) is 0 Å². The zero-order chi connectivity index (χ0) is 10.9. The van der Waals surface area contributed by atoms with Gasteiger partial charge in [0, 0.05) is 6.54 Å². The highest BCUT2D eigenvalue weighted by atomic mass is 32.2. The molecular weight excluding hydrogens is 214 g/mol. The fourth-order valence-electron chi connectivity index (χ4n) is 1.44. The first-order valence-electron chi connectivity index (χ1n) is 4.83. The molecule has 0 spiro atoms. The molecule has 0 saturated carbocycles. The number of hydrogen-bond donors (Lipinski definition) is 0. The van der Waals surface area contributed by atoms with Crippen molar-refractivity contribution in [2.45, 2.75) is 18.2 Å². The van der Waals surface area contributed by atoms with Gasteiger partial charge < -0.3 is 0 Å². The summed E-state index contributed by atoms with van der Waals surface area (Å²) in [5, 5.41) is 0. The van der Waals surface area contributed by atoms with E-state index in [0.29, 0.717) is 13.2 Å². The van der Waals surface area contributed by atoms with Crippen LogP contribution in [0.3, 0.4) is 0 Å². The number of hydrogen-bond acceptors (Lipinski definition) is 3. The average molecular weight is 227 g/mol. The minimum atomic E-state index is -3.44. The lowest BCUT2D eigenvalue weighted by atomic mass is 10.2. The van der Waals surface area contributed by atoms with Crippen LogP contribution in [0.2, 0.25) is 0 Å². The van der Waals surface area contributed by atoms with Gasteiger partial charge >= 0.3 is 0 Å². The van der Waals surface area contributed by atoms with E-state index in [1.807, 2.05) is 6.92 Å². The molecule has 1 saturated heterocycles. The predicted molar refractivity (Wildman–Crippen MR) is 55.6 cm³/mol. The van der Waals surface area contributed by atoms with Gasteiger partial charge in [-0.1, -0.05) is 22.2 Å². The Balaban J connectivity index is 2.32. The molecule has 15 heavy (non-hydrogen) atoms. The van der Waals surface area contributed by atoms with Gasteiger partial charge in [0.1, 0.15) is 0 Å². The molecule has 0 aliphatic carbocycles. The molecule has 1 aliphatic rings. The summed E-state index contributed by atoms with van der Waals surface area (Å²) in [5.74, 6) is 0. The summed E-state index contributed by atoms with van der Waals surface area (Å²) < 4.78 is 25.0. The fraction of sp³-hybridized carbons (Fsp3) is 0.400. The monoisotopic (exact) mass is 227 g/mol. The molecule has 1 heterocycles. The summed E-state index contributed by atoms with van der Waals surface area (Å²) in [6, 6.07) is 6.77. The first-order chi connectivity index (χ1) is 7.10. The normalized spacial score (nSPS) is 18.2. The second-order valence-electron chi connectivity index (χ2n) is 3.53. The number of sulfonamides is 1. The molecule has 1 aromatic carbocycles. The molecule has 1 aromatic rings. The lowest BCUT2D eigenvalue weighted by molar-refractivity contribution is -0.0284. The van der Waals surface area contributed by atoms with Crippen molar-refractivity contribution in [1.29, 1.82) is 0 Å². The summed E-state index contributed by atoms with van der Waals surface area (Å²) in [6.07, 6.45) is 0.755. The van der Waals surface area contributed by atoms with E-state index in [2.05, 4.69) is 0 Å². The standard InChI is InChI=1S/C10H13NO3S/c1-9-3-5-10(6-4-9)15(12,13)11-7-2-8-14-11/h3-6H,2,7-8H2,1H3. The molecule has 2 rings (SSSR count). The quantitative estimate of drug-likeness (QED) is 0.765. The zero-order valence-electron chi connectivity index (χ0n) is 8.51. The SMILES string of the molecule is Cc1ccc(S(=O)(=O)N2CCCO2)cc1. The molecule has 0 amide bonds. The fourth-order valence-corrected chi connectivity index (χ4v) is 2.74. The van der Waals surface area contributed by atoms with Crippen molar-refractivity contribution in [1.82, 2.24) is 4.47 Å². The Hall–Kier alpha value is -0.910. The van der Waals surface area contributed by atoms with Crippen LogP contribution in [0, 0.1) is 6.92 Å². The third kappa shape index (κ3) is 2.04. The lowest BCUT2D eigenvalue weighted by Crippen LogP contribution is -2.26. The summed E-state index contributed by atoms with van der Waals surface area (Å²) in [6.45, 7) is 2.84. The summed E-state index contributed by atoms with van der Waals surface area (Å²) >= 11 is 0. The molecule has 0 bridgehead atoms. The van der Waals surface area contributed by atoms with Crippen molar-refractivity contribution in [3.05, 3.63) is 29.8 Å². The Labute approximate surface area is 89.5 Å². The van der Waals surface area contributed by atoms with E-state index < -0.39 is 10.0 Å². The summed E-state index contributed by atoms with van der Waals surface area (Å²) in [4.78, 5) is 5.33. The van der Waals surface area contributed by atoms with Crippen LogP contribution in [0.25, 0.3) is 0 Å². The molecule has 1 aliphatic heterocycles. The smallest absolute Gasteiger partial charge is 0.265 e. The number of nitrogens with zero attached hydrogens (tertiary/aromatic N) is 1. The number of benzene rings is 1. The van der Waals surface area contributed by atoms with E-state index >= 15 is 0 Å². The summed E-state index contributed by atoms with van der Waals surface area (Å²) in [5.41, 5.74) is 1.04. The Morgan fingerprint density at radius 2 is 1.93 bits per heavy atom. The van der Waals surface area contributed by atoms with Crippen molar-refractivity contribution >= 4 is 10.0 Å². The second kappa shape index (κ2) is 3.92. The van der Waals surface area contributed by atoms with Gasteiger partial charge in [0.05, 0.1) is 11.5 Å². The van der Waals surface area contributed by atoms with Gasteiger partial charge in [0.2, 0.25) is 0 Å². The minimum absolute atomic E-state index is 0.287. The molecular formula is C10H13NO3S. The van der Waals surface area contributed by atoms with Gasteiger partial charge in [0.25, 0.3) is 10.0 Å². The van der Waals surface area contributed by atoms with Gasteiger partial charge in [-0.15, -0.1) is 0 Å². The van der Waals surface area contributed by atoms with Crippen molar-refractivity contribution in [2.75, 3.05) is 13.2 Å². The second-order valence-corrected chi connectivity index (χ2v) is 5.36. The van der Waals surface area contributed by atoms with Crippen LogP contribution >= 0.6 is 0 Å². The van der Waals surface area contributed by atoms with E-state index in [9.17, 15) is 8.42 Å². The number of aryl methyl sites for hydroxylation is 1. The number of rotatable bonds is 2. The largest absolute Gasteiger partial charge is 0.284 e. The van der Waals surface area contributed by atoms with Crippen LogP contribution in [0.5, 0.6) is 0 Å². The van der Waals surface area contributed by atoms with Crippen molar-refractivity contribution < 1.29 is 13.3 Å².